The van der Waals surface area contributed by atoms with Gasteiger partial charge in [-0.3, -0.25) is 4.79 Å². The fourth-order valence-electron chi connectivity index (χ4n) is 0.386. The summed E-state index contributed by atoms with van der Waals surface area (Å²) in [5.41, 5.74) is 4.42. The Bertz CT molecular complexity index is 205. The number of hydrogen-bond donors (Lipinski definition) is 1. The molecule has 62 valence electrons. The van der Waals surface area contributed by atoms with Crippen molar-refractivity contribution in [2.75, 3.05) is 0 Å². The van der Waals surface area contributed by atoms with Crippen molar-refractivity contribution in [2.45, 2.75) is 27.7 Å². The third-order valence-corrected chi connectivity index (χ3v) is 1.29. The summed E-state index contributed by atoms with van der Waals surface area (Å²) in [5.74, 6) is 5.67. The van der Waals surface area contributed by atoms with Crippen LogP contribution in [-0.2, 0) is 4.79 Å². The molecule has 0 atom stereocenters. The van der Waals surface area contributed by atoms with Gasteiger partial charge in [-0.25, -0.2) is 0 Å². The number of nitrogens with two attached hydrogens (primary N) is 1. The van der Waals surface area contributed by atoms with Gasteiger partial charge in [-0.05, 0) is 13.8 Å². The van der Waals surface area contributed by atoms with Crippen molar-refractivity contribution in [1.29, 1.82) is 0 Å². The molecule has 0 aliphatic heterocycles. The maximum absolute atomic E-state index is 10.8. The van der Waals surface area contributed by atoms with Gasteiger partial charge in [0.1, 0.15) is 5.41 Å². The van der Waals surface area contributed by atoms with Gasteiger partial charge in [0.15, 0.2) is 0 Å². The van der Waals surface area contributed by atoms with Crippen LogP contribution in [0.25, 0.3) is 0 Å². The van der Waals surface area contributed by atoms with Crippen molar-refractivity contribution in [1.82, 2.24) is 0 Å². The minimum atomic E-state index is -0.690. The molecule has 0 fully saturated rings. The minimum Gasteiger partial charge on any atom is -0.368 e. The summed E-state index contributed by atoms with van der Waals surface area (Å²) in [5, 5.41) is 0. The van der Waals surface area contributed by atoms with Crippen LogP contribution in [0.3, 0.4) is 0 Å². The highest BCUT2D eigenvalue weighted by molar-refractivity contribution is 5.83. The molecule has 0 rings (SSSR count). The zero-order valence-electron chi connectivity index (χ0n) is 7.56. The molecule has 0 aromatic rings. The lowest BCUT2D eigenvalue weighted by Crippen LogP contribution is -2.29. The molecule has 0 aromatic carbocycles. The Balaban J connectivity index is 4.38. The number of carbonyl (C=O) groups excluding carboxylic acids is 1. The largest absolute Gasteiger partial charge is 0.368 e. The van der Waals surface area contributed by atoms with Crippen LogP contribution >= 0.6 is 0 Å². The number of primary amides is 1. The molecule has 0 heterocycles. The van der Waals surface area contributed by atoms with Gasteiger partial charge in [0.05, 0.1) is 0 Å². The second-order valence-electron chi connectivity index (χ2n) is 3.41. The van der Waals surface area contributed by atoms with Crippen molar-refractivity contribution < 1.29 is 4.79 Å². The predicted molar refractivity (Wildman–Crippen MR) is 45.6 cm³/mol. The van der Waals surface area contributed by atoms with Crippen molar-refractivity contribution in [3.63, 3.8) is 0 Å². The molecule has 11 heavy (non-hydrogen) atoms. The summed E-state index contributed by atoms with van der Waals surface area (Å²) in [4.78, 5) is 10.8. The zero-order valence-corrected chi connectivity index (χ0v) is 7.56. The first-order valence-corrected chi connectivity index (χ1v) is 3.69. The first-order valence-electron chi connectivity index (χ1n) is 3.69. The normalized spacial score (nSPS) is 10.6. The van der Waals surface area contributed by atoms with E-state index in [1.54, 1.807) is 13.8 Å². The van der Waals surface area contributed by atoms with Gasteiger partial charge in [-0.1, -0.05) is 25.7 Å². The monoisotopic (exact) mass is 153 g/mol. The van der Waals surface area contributed by atoms with E-state index < -0.39 is 5.41 Å². The molecule has 0 aromatic heterocycles. The van der Waals surface area contributed by atoms with E-state index in [0.29, 0.717) is 0 Å². The second-order valence-corrected chi connectivity index (χ2v) is 3.41. The van der Waals surface area contributed by atoms with E-state index in [2.05, 4.69) is 11.8 Å². The molecular weight excluding hydrogens is 138 g/mol. The summed E-state index contributed by atoms with van der Waals surface area (Å²) in [6.45, 7) is 7.41. The maximum atomic E-state index is 10.8. The van der Waals surface area contributed by atoms with Gasteiger partial charge < -0.3 is 5.73 Å². The fraction of sp³-hybridized carbons (Fsp3) is 0.667. The van der Waals surface area contributed by atoms with E-state index >= 15 is 0 Å². The lowest BCUT2D eigenvalue weighted by molar-refractivity contribution is -0.123. The molecule has 0 unspecified atom stereocenters. The first kappa shape index (κ1) is 10.0. The van der Waals surface area contributed by atoms with E-state index in [9.17, 15) is 4.79 Å². The van der Waals surface area contributed by atoms with Crippen LogP contribution in [0.5, 0.6) is 0 Å². The van der Waals surface area contributed by atoms with E-state index in [0.717, 1.165) is 0 Å². The number of amides is 1. The molecule has 0 spiro atoms. The van der Waals surface area contributed by atoms with Crippen LogP contribution in [0.2, 0.25) is 0 Å². The SMILES string of the molecule is CC(C)C#CC(C)(C)C(N)=O. The Hall–Kier alpha value is -0.970. The predicted octanol–water partition coefficient (Wildman–Crippen LogP) is 1.16. The molecular formula is C9H15NO. The molecule has 2 N–H and O–H groups in total. The third kappa shape index (κ3) is 3.67. The van der Waals surface area contributed by atoms with E-state index in [4.69, 9.17) is 5.73 Å². The van der Waals surface area contributed by atoms with Crippen molar-refractivity contribution in [3.05, 3.63) is 0 Å². The molecule has 0 aliphatic carbocycles. The molecule has 2 heteroatoms. The van der Waals surface area contributed by atoms with Crippen LogP contribution in [0, 0.1) is 23.2 Å². The highest BCUT2D eigenvalue weighted by atomic mass is 16.1. The van der Waals surface area contributed by atoms with Gasteiger partial charge in [0.2, 0.25) is 5.91 Å². The van der Waals surface area contributed by atoms with Crippen LogP contribution in [0.4, 0.5) is 0 Å². The highest BCUT2D eigenvalue weighted by Gasteiger charge is 2.21. The third-order valence-electron chi connectivity index (χ3n) is 1.29. The number of hydrogen-bond acceptors (Lipinski definition) is 1. The smallest absolute Gasteiger partial charge is 0.235 e. The summed E-state index contributed by atoms with van der Waals surface area (Å²) in [6.07, 6.45) is 0. The van der Waals surface area contributed by atoms with Crippen molar-refractivity contribution in [2.24, 2.45) is 17.1 Å². The van der Waals surface area contributed by atoms with Gasteiger partial charge in [0.25, 0.3) is 0 Å². The lowest BCUT2D eigenvalue weighted by atomic mass is 9.93. The van der Waals surface area contributed by atoms with E-state index in [-0.39, 0.29) is 11.8 Å². The van der Waals surface area contributed by atoms with Crippen LogP contribution in [0.1, 0.15) is 27.7 Å². The minimum absolute atomic E-state index is 0.286. The highest BCUT2D eigenvalue weighted by Crippen LogP contribution is 2.11. The number of carbonyl (C=O) groups is 1. The lowest BCUT2D eigenvalue weighted by Gasteiger charge is -2.11. The standard InChI is InChI=1S/C9H15NO/c1-7(2)5-6-9(3,4)8(10)11/h7H,1-4H3,(H2,10,11). The summed E-state index contributed by atoms with van der Waals surface area (Å²) >= 11 is 0. The van der Waals surface area contributed by atoms with E-state index in [1.807, 2.05) is 13.8 Å². The molecule has 0 aliphatic rings. The van der Waals surface area contributed by atoms with Crippen LogP contribution in [-0.4, -0.2) is 5.91 Å². The van der Waals surface area contributed by atoms with Crippen LogP contribution < -0.4 is 5.73 Å². The summed E-state index contributed by atoms with van der Waals surface area (Å²) < 4.78 is 0. The molecule has 0 saturated heterocycles. The molecule has 1 amide bonds. The molecule has 0 saturated carbocycles. The first-order chi connectivity index (χ1) is 4.86. The molecule has 0 radical (unpaired) electrons. The molecule has 2 nitrogen and oxygen atoms in total. The molecule has 0 bridgehead atoms. The number of rotatable bonds is 1. The van der Waals surface area contributed by atoms with Gasteiger partial charge in [-0.15, -0.1) is 0 Å². The average molecular weight is 153 g/mol. The maximum Gasteiger partial charge on any atom is 0.235 e. The Morgan fingerprint density at radius 1 is 1.45 bits per heavy atom. The van der Waals surface area contributed by atoms with Crippen molar-refractivity contribution >= 4 is 5.91 Å². The van der Waals surface area contributed by atoms with E-state index in [1.165, 1.54) is 0 Å². The second kappa shape index (κ2) is 3.43. The zero-order chi connectivity index (χ0) is 9.07. The van der Waals surface area contributed by atoms with Crippen LogP contribution in [0.15, 0.2) is 0 Å². The summed E-state index contributed by atoms with van der Waals surface area (Å²) in [7, 11) is 0. The fourth-order valence-corrected chi connectivity index (χ4v) is 0.386. The Labute approximate surface area is 68.2 Å². The van der Waals surface area contributed by atoms with Crippen molar-refractivity contribution in [3.8, 4) is 11.8 Å². The summed E-state index contributed by atoms with van der Waals surface area (Å²) in [6, 6.07) is 0. The van der Waals surface area contributed by atoms with Gasteiger partial charge in [0, 0.05) is 5.92 Å². The average Bonchev–Trinajstić information content (AvgIpc) is 1.84. The van der Waals surface area contributed by atoms with Gasteiger partial charge in [-0.2, -0.15) is 0 Å². The Kier molecular flexibility index (Phi) is 3.13. The topological polar surface area (TPSA) is 43.1 Å². The Morgan fingerprint density at radius 3 is 2.18 bits per heavy atom. The van der Waals surface area contributed by atoms with Gasteiger partial charge >= 0.3 is 0 Å². The Morgan fingerprint density at radius 2 is 1.91 bits per heavy atom. The quantitative estimate of drug-likeness (QED) is 0.564.